The van der Waals surface area contributed by atoms with Crippen molar-refractivity contribution < 1.29 is 14.7 Å². The van der Waals surface area contributed by atoms with Gasteiger partial charge in [0.05, 0.1) is 0 Å². The summed E-state index contributed by atoms with van der Waals surface area (Å²) >= 11 is 2.15. The smallest absolute Gasteiger partial charge is 0.312 e. The summed E-state index contributed by atoms with van der Waals surface area (Å²) in [5, 5.41) is 9.34. The van der Waals surface area contributed by atoms with Gasteiger partial charge in [-0.3, -0.25) is 9.59 Å². The minimum absolute atomic E-state index is 0.162. The number of para-hydroxylation sites is 1. The summed E-state index contributed by atoms with van der Waals surface area (Å²) < 4.78 is 0.973. The Bertz CT molecular complexity index is 729. The lowest BCUT2D eigenvalue weighted by Crippen LogP contribution is -2.31. The van der Waals surface area contributed by atoms with Gasteiger partial charge in [-0.15, -0.1) is 0 Å². The minimum atomic E-state index is -0.902. The first-order valence-corrected chi connectivity index (χ1v) is 7.55. The summed E-state index contributed by atoms with van der Waals surface area (Å²) in [5.41, 5.74) is 1.96. The van der Waals surface area contributed by atoms with Gasteiger partial charge in [0.1, 0.15) is 5.92 Å². The molecular weight excluding hydrogens is 381 g/mol. The minimum Gasteiger partial charge on any atom is -0.481 e. The monoisotopic (exact) mass is 393 g/mol. The Balaban J connectivity index is 2.01. The molecule has 106 valence electrons. The summed E-state index contributed by atoms with van der Waals surface area (Å²) in [6.07, 6.45) is 0. The molecule has 0 aliphatic carbocycles. The molecule has 0 fully saturated rings. The zero-order valence-corrected chi connectivity index (χ0v) is 13.1. The van der Waals surface area contributed by atoms with Gasteiger partial charge in [0.25, 0.3) is 5.91 Å². The number of anilines is 1. The van der Waals surface area contributed by atoms with Crippen LogP contribution in [0.5, 0.6) is 0 Å². The molecule has 1 aliphatic rings. The molecule has 1 aliphatic heterocycles. The summed E-state index contributed by atoms with van der Waals surface area (Å²) in [5.74, 6) is -1.72. The van der Waals surface area contributed by atoms with E-state index in [1.54, 1.807) is 35.2 Å². The first kappa shape index (κ1) is 14.1. The fourth-order valence-corrected chi connectivity index (χ4v) is 3.13. The standard InChI is InChI=1S/C16H12INO3/c17-11-5-3-4-10(8-11)15(19)18-9-13(16(20)21)12-6-1-2-7-14(12)18/h1-8,13H,9H2,(H,20,21). The number of carboxylic acids is 1. The molecule has 0 saturated carbocycles. The maximum Gasteiger partial charge on any atom is 0.312 e. The number of aliphatic carboxylic acids is 1. The van der Waals surface area contributed by atoms with E-state index in [4.69, 9.17) is 0 Å². The van der Waals surface area contributed by atoms with Gasteiger partial charge >= 0.3 is 5.97 Å². The topological polar surface area (TPSA) is 57.6 Å². The van der Waals surface area contributed by atoms with Crippen LogP contribution >= 0.6 is 22.6 Å². The average Bonchev–Trinajstić information content (AvgIpc) is 2.86. The highest BCUT2D eigenvalue weighted by Crippen LogP contribution is 2.37. The van der Waals surface area contributed by atoms with Gasteiger partial charge in [-0.25, -0.2) is 0 Å². The largest absolute Gasteiger partial charge is 0.481 e. The molecule has 2 aromatic carbocycles. The van der Waals surface area contributed by atoms with Crippen LogP contribution in [-0.4, -0.2) is 23.5 Å². The quantitative estimate of drug-likeness (QED) is 0.798. The Morgan fingerprint density at radius 1 is 1.14 bits per heavy atom. The molecule has 0 bridgehead atoms. The van der Waals surface area contributed by atoms with Crippen molar-refractivity contribution in [3.05, 3.63) is 63.2 Å². The van der Waals surface area contributed by atoms with Gasteiger partial charge in [0.2, 0.25) is 0 Å². The predicted molar refractivity (Wildman–Crippen MR) is 87.7 cm³/mol. The molecule has 1 amide bonds. The van der Waals surface area contributed by atoms with E-state index < -0.39 is 11.9 Å². The van der Waals surface area contributed by atoms with Gasteiger partial charge in [-0.1, -0.05) is 24.3 Å². The molecule has 3 rings (SSSR count). The molecular formula is C16H12INO3. The molecule has 0 spiro atoms. The van der Waals surface area contributed by atoms with E-state index in [0.717, 1.165) is 3.57 Å². The number of halogens is 1. The lowest BCUT2D eigenvalue weighted by molar-refractivity contribution is -0.138. The number of rotatable bonds is 2. The van der Waals surface area contributed by atoms with E-state index >= 15 is 0 Å². The summed E-state index contributed by atoms with van der Waals surface area (Å²) in [6.45, 7) is 0.180. The number of benzene rings is 2. The molecule has 2 aromatic rings. The van der Waals surface area contributed by atoms with Crippen molar-refractivity contribution in [1.29, 1.82) is 0 Å². The fourth-order valence-electron chi connectivity index (χ4n) is 2.59. The first-order valence-electron chi connectivity index (χ1n) is 6.47. The Hall–Kier alpha value is -1.89. The van der Waals surface area contributed by atoms with Crippen molar-refractivity contribution in [2.75, 3.05) is 11.4 Å². The molecule has 0 aromatic heterocycles. The van der Waals surface area contributed by atoms with Crippen molar-refractivity contribution in [3.63, 3.8) is 0 Å². The number of nitrogens with zero attached hydrogens (tertiary/aromatic N) is 1. The molecule has 21 heavy (non-hydrogen) atoms. The maximum absolute atomic E-state index is 12.7. The van der Waals surface area contributed by atoms with Crippen molar-refractivity contribution in [1.82, 2.24) is 0 Å². The number of fused-ring (bicyclic) bond motifs is 1. The van der Waals surface area contributed by atoms with Crippen molar-refractivity contribution in [2.24, 2.45) is 0 Å². The van der Waals surface area contributed by atoms with E-state index in [9.17, 15) is 14.7 Å². The van der Waals surface area contributed by atoms with Crippen LogP contribution < -0.4 is 4.90 Å². The number of carbonyl (C=O) groups excluding carboxylic acids is 1. The van der Waals surface area contributed by atoms with Crippen LogP contribution in [0.4, 0.5) is 5.69 Å². The SMILES string of the molecule is O=C(O)C1CN(C(=O)c2cccc(I)c2)c2ccccc21. The second-order valence-electron chi connectivity index (χ2n) is 4.88. The molecule has 4 nitrogen and oxygen atoms in total. The molecule has 0 saturated heterocycles. The summed E-state index contributed by atoms with van der Waals surface area (Å²) in [7, 11) is 0. The number of carbonyl (C=O) groups is 2. The molecule has 0 radical (unpaired) electrons. The highest BCUT2D eigenvalue weighted by atomic mass is 127. The zero-order chi connectivity index (χ0) is 15.0. The third kappa shape index (κ3) is 2.53. The number of hydrogen-bond donors (Lipinski definition) is 1. The van der Waals surface area contributed by atoms with Crippen molar-refractivity contribution in [2.45, 2.75) is 5.92 Å². The Labute approximate surface area is 135 Å². The van der Waals surface area contributed by atoms with Gasteiger partial charge < -0.3 is 10.0 Å². The van der Waals surface area contributed by atoms with E-state index in [1.807, 2.05) is 18.2 Å². The Kier molecular flexibility index (Phi) is 3.67. The Morgan fingerprint density at radius 3 is 2.62 bits per heavy atom. The highest BCUT2D eigenvalue weighted by molar-refractivity contribution is 14.1. The lowest BCUT2D eigenvalue weighted by atomic mass is 10.0. The first-order chi connectivity index (χ1) is 10.1. The van der Waals surface area contributed by atoms with Crippen LogP contribution in [0.1, 0.15) is 21.8 Å². The Morgan fingerprint density at radius 2 is 1.90 bits per heavy atom. The third-order valence-corrected chi connectivity index (χ3v) is 4.25. The zero-order valence-electron chi connectivity index (χ0n) is 11.0. The second-order valence-corrected chi connectivity index (χ2v) is 6.12. The number of hydrogen-bond acceptors (Lipinski definition) is 2. The predicted octanol–water partition coefficient (Wildman–Crippen LogP) is 3.12. The van der Waals surface area contributed by atoms with Gasteiger partial charge in [-0.05, 0) is 52.4 Å². The summed E-state index contributed by atoms with van der Waals surface area (Å²) in [4.78, 5) is 25.6. The van der Waals surface area contributed by atoms with Crippen LogP contribution in [-0.2, 0) is 4.79 Å². The number of carboxylic acid groups (broad SMARTS) is 1. The third-order valence-electron chi connectivity index (χ3n) is 3.58. The lowest BCUT2D eigenvalue weighted by Gasteiger charge is -2.17. The van der Waals surface area contributed by atoms with E-state index in [2.05, 4.69) is 22.6 Å². The summed E-state index contributed by atoms with van der Waals surface area (Å²) in [6, 6.07) is 14.5. The van der Waals surface area contributed by atoms with Crippen LogP contribution in [0.25, 0.3) is 0 Å². The highest BCUT2D eigenvalue weighted by Gasteiger charge is 2.36. The normalized spacial score (nSPS) is 16.6. The maximum atomic E-state index is 12.7. The van der Waals surface area contributed by atoms with Crippen molar-refractivity contribution in [3.8, 4) is 0 Å². The van der Waals surface area contributed by atoms with Gasteiger partial charge in [0, 0.05) is 21.4 Å². The molecule has 1 atom stereocenters. The average molecular weight is 393 g/mol. The molecule has 5 heteroatoms. The molecule has 1 N–H and O–H groups in total. The van der Waals surface area contributed by atoms with Crippen LogP contribution in [0.2, 0.25) is 0 Å². The van der Waals surface area contributed by atoms with Crippen LogP contribution in [0.3, 0.4) is 0 Å². The van der Waals surface area contributed by atoms with Crippen molar-refractivity contribution >= 4 is 40.2 Å². The van der Waals surface area contributed by atoms with E-state index in [0.29, 0.717) is 16.8 Å². The van der Waals surface area contributed by atoms with E-state index in [1.165, 1.54) is 0 Å². The van der Waals surface area contributed by atoms with Crippen LogP contribution in [0.15, 0.2) is 48.5 Å². The molecule has 1 unspecified atom stereocenters. The molecule has 1 heterocycles. The number of amides is 1. The second kappa shape index (κ2) is 5.48. The van der Waals surface area contributed by atoms with Crippen LogP contribution in [0, 0.1) is 3.57 Å². The van der Waals surface area contributed by atoms with E-state index in [-0.39, 0.29) is 12.5 Å². The fraction of sp³-hybridized carbons (Fsp3) is 0.125. The van der Waals surface area contributed by atoms with Gasteiger partial charge in [0.15, 0.2) is 0 Å². The van der Waals surface area contributed by atoms with Gasteiger partial charge in [-0.2, -0.15) is 0 Å².